The maximum absolute atomic E-state index is 12.9. The third kappa shape index (κ3) is 3.55. The fraction of sp³-hybridized carbons (Fsp3) is 0.318. The minimum Gasteiger partial charge on any atom is -0.494 e. The minimum absolute atomic E-state index is 0.0204. The molecule has 2 heterocycles. The molecule has 2 aliphatic heterocycles. The van der Waals surface area contributed by atoms with E-state index in [1.807, 2.05) is 25.1 Å². The maximum atomic E-state index is 12.9. The predicted octanol–water partition coefficient (Wildman–Crippen LogP) is 2.74. The molecule has 0 aromatic heterocycles. The zero-order chi connectivity index (χ0) is 20.5. The molecule has 0 radical (unpaired) electrons. The normalized spacial score (nSPS) is 18.2. The molecule has 3 amide bonds. The van der Waals surface area contributed by atoms with Gasteiger partial charge in [0, 0.05) is 24.8 Å². The highest BCUT2D eigenvalue weighted by molar-refractivity contribution is 6.23. The number of carbonyl (C=O) groups excluding carboxylic acids is 3. The highest BCUT2D eigenvalue weighted by atomic mass is 16.5. The van der Waals surface area contributed by atoms with Crippen LogP contribution in [0.1, 0.15) is 25.8 Å². The molecule has 0 bridgehead atoms. The molecule has 0 unspecified atom stereocenters. The SMILES string of the molecule is CCOc1ccc(N2C(=O)C[C@@H](Nc3ccc4c(c3)CCN4C(C)=O)C2=O)cc1. The van der Waals surface area contributed by atoms with Crippen molar-refractivity contribution in [2.24, 2.45) is 0 Å². The molecular weight excluding hydrogens is 370 g/mol. The van der Waals surface area contributed by atoms with Crippen LogP contribution in [-0.2, 0) is 20.8 Å². The van der Waals surface area contributed by atoms with Gasteiger partial charge in [0.25, 0.3) is 5.91 Å². The van der Waals surface area contributed by atoms with Crippen LogP contribution >= 0.6 is 0 Å². The summed E-state index contributed by atoms with van der Waals surface area (Å²) in [5.74, 6) is 0.209. The number of ether oxygens (including phenoxy) is 1. The van der Waals surface area contributed by atoms with E-state index in [1.54, 1.807) is 36.1 Å². The van der Waals surface area contributed by atoms with Gasteiger partial charge in [-0.05, 0) is 61.4 Å². The second-order valence-corrected chi connectivity index (χ2v) is 7.16. The largest absolute Gasteiger partial charge is 0.494 e. The summed E-state index contributed by atoms with van der Waals surface area (Å²) in [6, 6.07) is 12.0. The van der Waals surface area contributed by atoms with Gasteiger partial charge in [-0.25, -0.2) is 4.90 Å². The van der Waals surface area contributed by atoms with Crippen molar-refractivity contribution in [2.75, 3.05) is 28.3 Å². The van der Waals surface area contributed by atoms with E-state index in [0.29, 0.717) is 24.6 Å². The number of nitrogens with zero attached hydrogens (tertiary/aromatic N) is 2. The van der Waals surface area contributed by atoms with Gasteiger partial charge in [-0.15, -0.1) is 0 Å². The fourth-order valence-corrected chi connectivity index (χ4v) is 3.89. The van der Waals surface area contributed by atoms with E-state index < -0.39 is 6.04 Å². The van der Waals surface area contributed by atoms with Crippen LogP contribution in [0.2, 0.25) is 0 Å². The Morgan fingerprint density at radius 3 is 2.62 bits per heavy atom. The Morgan fingerprint density at radius 1 is 1.17 bits per heavy atom. The maximum Gasteiger partial charge on any atom is 0.256 e. The Morgan fingerprint density at radius 2 is 1.93 bits per heavy atom. The number of rotatable bonds is 5. The van der Waals surface area contributed by atoms with Crippen LogP contribution in [0.3, 0.4) is 0 Å². The number of anilines is 3. The summed E-state index contributed by atoms with van der Waals surface area (Å²) in [6.45, 7) is 4.67. The second-order valence-electron chi connectivity index (χ2n) is 7.16. The highest BCUT2D eigenvalue weighted by Crippen LogP contribution is 2.32. The zero-order valence-corrected chi connectivity index (χ0v) is 16.5. The van der Waals surface area contributed by atoms with Crippen molar-refractivity contribution >= 4 is 34.8 Å². The number of hydrogen-bond acceptors (Lipinski definition) is 5. The molecule has 0 aliphatic carbocycles. The number of imide groups is 1. The quantitative estimate of drug-likeness (QED) is 0.791. The van der Waals surface area contributed by atoms with Crippen LogP contribution in [0.5, 0.6) is 5.75 Å². The van der Waals surface area contributed by atoms with E-state index in [4.69, 9.17) is 4.74 Å². The lowest BCUT2D eigenvalue weighted by atomic mass is 10.1. The van der Waals surface area contributed by atoms with Gasteiger partial charge in [-0.3, -0.25) is 14.4 Å². The van der Waals surface area contributed by atoms with E-state index in [9.17, 15) is 14.4 Å². The van der Waals surface area contributed by atoms with E-state index in [2.05, 4.69) is 5.32 Å². The Bertz CT molecular complexity index is 971. The molecule has 4 rings (SSSR count). The van der Waals surface area contributed by atoms with Gasteiger partial charge in [-0.2, -0.15) is 0 Å². The Kier molecular flexibility index (Phi) is 4.96. The highest BCUT2D eigenvalue weighted by Gasteiger charge is 2.39. The van der Waals surface area contributed by atoms with Crippen molar-refractivity contribution in [3.8, 4) is 5.75 Å². The summed E-state index contributed by atoms with van der Waals surface area (Å²) in [4.78, 5) is 40.0. The van der Waals surface area contributed by atoms with Crippen LogP contribution in [0.4, 0.5) is 17.1 Å². The van der Waals surface area contributed by atoms with E-state index >= 15 is 0 Å². The first kappa shape index (κ1) is 19.0. The van der Waals surface area contributed by atoms with Gasteiger partial charge >= 0.3 is 0 Å². The Labute approximate surface area is 169 Å². The molecule has 2 aromatic carbocycles. The zero-order valence-electron chi connectivity index (χ0n) is 16.5. The molecule has 0 spiro atoms. The summed E-state index contributed by atoms with van der Waals surface area (Å²) < 4.78 is 5.41. The fourth-order valence-electron chi connectivity index (χ4n) is 3.89. The van der Waals surface area contributed by atoms with E-state index in [1.165, 1.54) is 4.90 Å². The first-order valence-electron chi connectivity index (χ1n) is 9.75. The summed E-state index contributed by atoms with van der Waals surface area (Å²) in [6.07, 6.45) is 0.878. The van der Waals surface area contributed by atoms with Gasteiger partial charge in [0.15, 0.2) is 0 Å². The topological polar surface area (TPSA) is 79.0 Å². The standard InChI is InChI=1S/C22H23N3O4/c1-3-29-18-7-5-17(6-8-18)25-21(27)13-19(22(25)28)23-16-4-9-20-15(12-16)10-11-24(20)14(2)26/h4-9,12,19,23H,3,10-11,13H2,1-2H3/t19-/m1/s1. The molecule has 7 heteroatoms. The van der Waals surface area contributed by atoms with Crippen LogP contribution in [0, 0.1) is 0 Å². The Balaban J connectivity index is 1.49. The number of amides is 3. The lowest BCUT2D eigenvalue weighted by Gasteiger charge is -2.18. The van der Waals surface area contributed by atoms with Gasteiger partial charge in [-0.1, -0.05) is 0 Å². The molecular formula is C22H23N3O4. The van der Waals surface area contributed by atoms with Crippen molar-refractivity contribution < 1.29 is 19.1 Å². The number of hydrogen-bond donors (Lipinski definition) is 1. The molecule has 1 fully saturated rings. The van der Waals surface area contributed by atoms with Crippen molar-refractivity contribution in [1.82, 2.24) is 0 Å². The van der Waals surface area contributed by atoms with Crippen molar-refractivity contribution in [3.63, 3.8) is 0 Å². The van der Waals surface area contributed by atoms with Crippen LogP contribution in [-0.4, -0.2) is 36.9 Å². The first-order chi connectivity index (χ1) is 14.0. The minimum atomic E-state index is -0.613. The summed E-state index contributed by atoms with van der Waals surface area (Å²) in [5, 5.41) is 3.19. The van der Waals surface area contributed by atoms with Crippen molar-refractivity contribution in [1.29, 1.82) is 0 Å². The summed E-state index contributed by atoms with van der Waals surface area (Å²) in [5.41, 5.74) is 3.28. The second kappa shape index (κ2) is 7.58. The van der Waals surface area contributed by atoms with Crippen LogP contribution < -0.4 is 19.9 Å². The molecule has 150 valence electrons. The predicted molar refractivity (Wildman–Crippen MR) is 110 cm³/mol. The van der Waals surface area contributed by atoms with Crippen LogP contribution in [0.25, 0.3) is 0 Å². The third-order valence-corrected chi connectivity index (χ3v) is 5.25. The molecule has 0 saturated carbocycles. The van der Waals surface area contributed by atoms with Gasteiger partial charge in [0.05, 0.1) is 18.7 Å². The summed E-state index contributed by atoms with van der Waals surface area (Å²) in [7, 11) is 0. The van der Waals surface area contributed by atoms with E-state index in [-0.39, 0.29) is 24.1 Å². The molecule has 1 N–H and O–H groups in total. The lowest BCUT2D eigenvalue weighted by molar-refractivity contribution is -0.121. The smallest absolute Gasteiger partial charge is 0.256 e. The molecule has 7 nitrogen and oxygen atoms in total. The van der Waals surface area contributed by atoms with Gasteiger partial charge < -0.3 is 15.0 Å². The molecule has 2 aromatic rings. The Hall–Kier alpha value is -3.35. The molecule has 1 atom stereocenters. The average molecular weight is 393 g/mol. The van der Waals surface area contributed by atoms with Gasteiger partial charge in [0.2, 0.25) is 11.8 Å². The number of nitrogens with one attached hydrogen (secondary N) is 1. The molecule has 1 saturated heterocycles. The van der Waals surface area contributed by atoms with Crippen molar-refractivity contribution in [2.45, 2.75) is 32.7 Å². The number of carbonyl (C=O) groups is 3. The molecule has 2 aliphatic rings. The third-order valence-electron chi connectivity index (χ3n) is 5.25. The summed E-state index contributed by atoms with van der Waals surface area (Å²) >= 11 is 0. The van der Waals surface area contributed by atoms with Crippen molar-refractivity contribution in [3.05, 3.63) is 48.0 Å². The van der Waals surface area contributed by atoms with E-state index in [0.717, 1.165) is 23.4 Å². The van der Waals surface area contributed by atoms with Gasteiger partial charge in [0.1, 0.15) is 11.8 Å². The molecule has 29 heavy (non-hydrogen) atoms. The number of benzene rings is 2. The lowest BCUT2D eigenvalue weighted by Crippen LogP contribution is -2.34. The number of fused-ring (bicyclic) bond motifs is 1. The monoisotopic (exact) mass is 393 g/mol. The average Bonchev–Trinajstić information content (AvgIpc) is 3.24. The first-order valence-corrected chi connectivity index (χ1v) is 9.75. The van der Waals surface area contributed by atoms with Crippen LogP contribution in [0.15, 0.2) is 42.5 Å².